The third-order valence-corrected chi connectivity index (χ3v) is 1.94. The summed E-state index contributed by atoms with van der Waals surface area (Å²) < 4.78 is 22.6. The molecule has 1 unspecified atom stereocenters. The molecule has 0 bridgehead atoms. The number of alkyl halides is 1. The molecule has 0 saturated heterocycles. The lowest BCUT2D eigenvalue weighted by atomic mass is 10.1. The van der Waals surface area contributed by atoms with Crippen LogP contribution in [0.4, 0.5) is 4.39 Å². The zero-order valence-electron chi connectivity index (χ0n) is 6.19. The molecule has 2 N–H and O–H groups in total. The third kappa shape index (κ3) is 3.10. The molecule has 66 valence electrons. The van der Waals surface area contributed by atoms with E-state index >= 15 is 0 Å². The molecule has 0 heterocycles. The Kier molecular flexibility index (Phi) is 3.35. The van der Waals surface area contributed by atoms with Crippen molar-refractivity contribution in [1.82, 2.24) is 0 Å². The topological polar surface area (TPSA) is 74.6 Å². The van der Waals surface area contributed by atoms with Gasteiger partial charge in [0.05, 0.1) is 0 Å². The van der Waals surface area contributed by atoms with Gasteiger partial charge in [-0.05, 0) is 0 Å². The first-order chi connectivity index (χ1) is 4.76. The first-order valence-electron chi connectivity index (χ1n) is 3.00. The minimum atomic E-state index is -4.88. The van der Waals surface area contributed by atoms with Gasteiger partial charge in [0.25, 0.3) is 5.91 Å². The minimum Gasteiger partial charge on any atom is -0.322 e. The quantitative estimate of drug-likeness (QED) is 0.632. The van der Waals surface area contributed by atoms with Crippen molar-refractivity contribution in [2.75, 3.05) is 0 Å². The van der Waals surface area contributed by atoms with Gasteiger partial charge in [-0.15, -0.1) is 0 Å². The van der Waals surface area contributed by atoms with Crippen molar-refractivity contribution in [3.63, 3.8) is 0 Å². The predicted molar refractivity (Wildman–Crippen MR) is 36.8 cm³/mol. The fourth-order valence-corrected chi connectivity index (χ4v) is 1.07. The smallest absolute Gasteiger partial charge is 0.322 e. The van der Waals surface area contributed by atoms with Gasteiger partial charge < -0.3 is 9.79 Å². The van der Waals surface area contributed by atoms with Crippen molar-refractivity contribution >= 4 is 13.4 Å². The Balaban J connectivity index is 4.39. The molecule has 0 aromatic carbocycles. The van der Waals surface area contributed by atoms with Crippen molar-refractivity contribution in [2.24, 2.45) is 5.92 Å². The molecule has 1 atom stereocenters. The standard InChI is InChI=1S/C5H10FO4P/c1-3(2)4(7)5(6)11(8,9)10/h3,5H,1-2H3,(H2,8,9,10). The lowest BCUT2D eigenvalue weighted by Gasteiger charge is -2.10. The molecule has 6 heteroatoms. The van der Waals surface area contributed by atoms with Gasteiger partial charge in [0.15, 0.2) is 5.78 Å². The predicted octanol–water partition coefficient (Wildman–Crippen LogP) is 0.685. The van der Waals surface area contributed by atoms with Crippen molar-refractivity contribution in [2.45, 2.75) is 19.8 Å². The van der Waals surface area contributed by atoms with Crippen LogP contribution in [0.2, 0.25) is 0 Å². The summed E-state index contributed by atoms with van der Waals surface area (Å²) in [6.45, 7) is 2.76. The number of carbonyl (C=O) groups excluding carboxylic acids is 1. The highest BCUT2D eigenvalue weighted by molar-refractivity contribution is 7.53. The maximum atomic E-state index is 12.4. The fourth-order valence-electron chi connectivity index (χ4n) is 0.441. The highest BCUT2D eigenvalue weighted by atomic mass is 31.2. The molecular formula is C5H10FO4P. The highest BCUT2D eigenvalue weighted by Crippen LogP contribution is 2.43. The lowest BCUT2D eigenvalue weighted by molar-refractivity contribution is -0.124. The second-order valence-electron chi connectivity index (χ2n) is 2.48. The summed E-state index contributed by atoms with van der Waals surface area (Å²) in [6.07, 6.45) is 0. The van der Waals surface area contributed by atoms with Crippen LogP contribution in [0.5, 0.6) is 0 Å². The molecule has 4 nitrogen and oxygen atoms in total. The van der Waals surface area contributed by atoms with Gasteiger partial charge in [0, 0.05) is 5.92 Å². The molecule has 0 spiro atoms. The maximum Gasteiger partial charge on any atom is 0.367 e. The Morgan fingerprint density at radius 2 is 1.82 bits per heavy atom. The van der Waals surface area contributed by atoms with Crippen LogP contribution in [-0.2, 0) is 9.36 Å². The van der Waals surface area contributed by atoms with Crippen molar-refractivity contribution < 1.29 is 23.5 Å². The van der Waals surface area contributed by atoms with E-state index in [2.05, 4.69) is 0 Å². The lowest BCUT2D eigenvalue weighted by Crippen LogP contribution is -2.20. The zero-order valence-corrected chi connectivity index (χ0v) is 7.09. The summed E-state index contributed by atoms with van der Waals surface area (Å²) in [6, 6.07) is 0. The molecule has 0 aliphatic rings. The molecule has 0 amide bonds. The van der Waals surface area contributed by atoms with Crippen LogP contribution in [0.25, 0.3) is 0 Å². The van der Waals surface area contributed by atoms with Gasteiger partial charge in [-0.3, -0.25) is 9.36 Å². The molecule has 0 saturated carbocycles. The SMILES string of the molecule is CC(C)C(=O)C(F)P(=O)(O)O. The largest absolute Gasteiger partial charge is 0.367 e. The van der Waals surface area contributed by atoms with E-state index in [0.29, 0.717) is 0 Å². The van der Waals surface area contributed by atoms with Gasteiger partial charge in [0.2, 0.25) is 0 Å². The van der Waals surface area contributed by atoms with Gasteiger partial charge in [-0.25, -0.2) is 4.39 Å². The van der Waals surface area contributed by atoms with Crippen LogP contribution in [0, 0.1) is 5.92 Å². The summed E-state index contributed by atoms with van der Waals surface area (Å²) >= 11 is 0. The van der Waals surface area contributed by atoms with Crippen LogP contribution in [0.15, 0.2) is 0 Å². The van der Waals surface area contributed by atoms with Crippen molar-refractivity contribution in [3.05, 3.63) is 0 Å². The molecule has 11 heavy (non-hydrogen) atoms. The van der Waals surface area contributed by atoms with Crippen molar-refractivity contribution in [3.8, 4) is 0 Å². The molecule has 0 aromatic heterocycles. The summed E-state index contributed by atoms with van der Waals surface area (Å²) in [4.78, 5) is 27.1. The van der Waals surface area contributed by atoms with Crippen LogP contribution in [0.1, 0.15) is 13.8 Å². The average molecular weight is 184 g/mol. The number of hydrogen-bond donors (Lipinski definition) is 2. The average Bonchev–Trinajstić information content (AvgIpc) is 1.82. The van der Waals surface area contributed by atoms with E-state index in [9.17, 15) is 13.8 Å². The highest BCUT2D eigenvalue weighted by Gasteiger charge is 2.36. The van der Waals surface area contributed by atoms with E-state index in [1.54, 1.807) is 0 Å². The van der Waals surface area contributed by atoms with Crippen LogP contribution in [-0.4, -0.2) is 21.5 Å². The van der Waals surface area contributed by atoms with E-state index < -0.39 is 25.2 Å². The Bertz CT molecular complexity index is 197. The van der Waals surface area contributed by atoms with Crippen LogP contribution in [0.3, 0.4) is 0 Å². The Morgan fingerprint density at radius 3 is 1.91 bits per heavy atom. The number of Topliss-reactive ketones (excluding diaryl/α,β-unsaturated/α-hetero) is 1. The number of halogens is 1. The summed E-state index contributed by atoms with van der Waals surface area (Å²) in [7, 11) is -4.88. The number of rotatable bonds is 3. The Hall–Kier alpha value is -0.250. The monoisotopic (exact) mass is 184 g/mol. The first kappa shape index (κ1) is 10.8. The van der Waals surface area contributed by atoms with Crippen molar-refractivity contribution in [1.29, 1.82) is 0 Å². The first-order valence-corrected chi connectivity index (χ1v) is 4.68. The van der Waals surface area contributed by atoms with E-state index in [4.69, 9.17) is 9.79 Å². The molecule has 0 aliphatic heterocycles. The van der Waals surface area contributed by atoms with Gasteiger partial charge in [-0.2, -0.15) is 0 Å². The molecule has 0 aromatic rings. The number of hydrogen-bond acceptors (Lipinski definition) is 2. The Labute approximate surface area is 63.6 Å². The number of carbonyl (C=O) groups is 1. The number of ketones is 1. The van der Waals surface area contributed by atoms with Crippen LogP contribution >= 0.6 is 7.60 Å². The maximum absolute atomic E-state index is 12.4. The van der Waals surface area contributed by atoms with E-state index in [0.717, 1.165) is 0 Å². The third-order valence-electron chi connectivity index (χ3n) is 1.10. The summed E-state index contributed by atoms with van der Waals surface area (Å²) in [5, 5.41) is 0. The second kappa shape index (κ2) is 3.43. The summed E-state index contributed by atoms with van der Waals surface area (Å²) in [5.41, 5.74) is 0. The zero-order chi connectivity index (χ0) is 9.23. The molecule has 0 rings (SSSR count). The Morgan fingerprint density at radius 1 is 1.45 bits per heavy atom. The van der Waals surface area contributed by atoms with E-state index in [-0.39, 0.29) is 0 Å². The molecule has 0 aliphatic carbocycles. The second-order valence-corrected chi connectivity index (χ2v) is 4.11. The minimum absolute atomic E-state index is 0.697. The van der Waals surface area contributed by atoms with Gasteiger partial charge in [-0.1, -0.05) is 13.8 Å². The summed E-state index contributed by atoms with van der Waals surface area (Å²) in [5.74, 6) is -4.42. The fraction of sp³-hybridized carbons (Fsp3) is 0.800. The van der Waals surface area contributed by atoms with Gasteiger partial charge in [0.1, 0.15) is 0 Å². The molecular weight excluding hydrogens is 174 g/mol. The van der Waals surface area contributed by atoms with E-state index in [1.165, 1.54) is 13.8 Å². The molecule has 0 fully saturated rings. The van der Waals surface area contributed by atoms with Crippen LogP contribution < -0.4 is 0 Å². The van der Waals surface area contributed by atoms with Gasteiger partial charge >= 0.3 is 7.60 Å². The normalized spacial score (nSPS) is 15.1. The van der Waals surface area contributed by atoms with E-state index in [1.807, 2.05) is 0 Å². The molecule has 0 radical (unpaired) electrons.